The van der Waals surface area contributed by atoms with Crippen LogP contribution in [-0.4, -0.2) is 38.6 Å². The molecule has 2 aromatic carbocycles. The van der Waals surface area contributed by atoms with Crippen LogP contribution < -0.4 is 4.74 Å². The van der Waals surface area contributed by atoms with Gasteiger partial charge in [0.25, 0.3) is 0 Å². The maximum Gasteiger partial charge on any atom is 0.387 e. The minimum absolute atomic E-state index is 0.0133. The summed E-state index contributed by atoms with van der Waals surface area (Å²) in [5, 5.41) is 0. The molecule has 2 aromatic rings. The van der Waals surface area contributed by atoms with E-state index in [1.165, 1.54) is 48.3 Å². The third kappa shape index (κ3) is 5.53. The van der Waals surface area contributed by atoms with E-state index < -0.39 is 28.1 Å². The predicted molar refractivity (Wildman–Crippen MR) is 88.0 cm³/mol. The fourth-order valence-corrected chi connectivity index (χ4v) is 3.41. The molecule has 0 bridgehead atoms. The van der Waals surface area contributed by atoms with Crippen molar-refractivity contribution in [3.8, 4) is 5.75 Å². The largest absolute Gasteiger partial charge is 0.435 e. The maximum atomic E-state index is 12.2. The van der Waals surface area contributed by atoms with Crippen molar-refractivity contribution in [3.05, 3.63) is 60.2 Å². The second kappa shape index (κ2) is 8.06. The Labute approximate surface area is 144 Å². The number of sulfone groups is 1. The van der Waals surface area contributed by atoms with Crippen molar-refractivity contribution in [3.63, 3.8) is 0 Å². The fraction of sp³-hybridized carbons (Fsp3) is 0.235. The SMILES string of the molecule is CN(Cc1ccc(OC(F)F)cc1)C(=O)CS(=O)(=O)c1ccccc1. The number of carbonyl (C=O) groups excluding carboxylic acids is 1. The monoisotopic (exact) mass is 369 g/mol. The molecule has 0 atom stereocenters. The van der Waals surface area contributed by atoms with Gasteiger partial charge in [-0.25, -0.2) is 8.42 Å². The molecule has 1 amide bonds. The molecular formula is C17H17F2NO4S. The number of benzene rings is 2. The zero-order chi connectivity index (χ0) is 18.4. The summed E-state index contributed by atoms with van der Waals surface area (Å²) < 4.78 is 52.9. The summed E-state index contributed by atoms with van der Waals surface area (Å²) in [6.45, 7) is -2.75. The highest BCUT2D eigenvalue weighted by Crippen LogP contribution is 2.16. The molecule has 2 rings (SSSR count). The Kier molecular flexibility index (Phi) is 6.08. The van der Waals surface area contributed by atoms with Crippen molar-refractivity contribution in [2.24, 2.45) is 0 Å². The fourth-order valence-electron chi connectivity index (χ4n) is 2.12. The molecule has 0 N–H and O–H groups in total. The normalized spacial score (nSPS) is 11.4. The van der Waals surface area contributed by atoms with Crippen LogP contribution in [0, 0.1) is 0 Å². The van der Waals surface area contributed by atoms with E-state index in [0.29, 0.717) is 5.56 Å². The molecule has 0 aliphatic rings. The molecule has 0 aromatic heterocycles. The summed E-state index contributed by atoms with van der Waals surface area (Å²) in [4.78, 5) is 13.5. The van der Waals surface area contributed by atoms with Gasteiger partial charge in [0.05, 0.1) is 4.90 Å². The third-order valence-electron chi connectivity index (χ3n) is 3.41. The van der Waals surface area contributed by atoms with E-state index in [-0.39, 0.29) is 17.2 Å². The number of amides is 1. The van der Waals surface area contributed by atoms with Crippen molar-refractivity contribution in [1.29, 1.82) is 0 Å². The van der Waals surface area contributed by atoms with Gasteiger partial charge in [-0.15, -0.1) is 0 Å². The van der Waals surface area contributed by atoms with Gasteiger partial charge >= 0.3 is 6.61 Å². The quantitative estimate of drug-likeness (QED) is 0.753. The lowest BCUT2D eigenvalue weighted by Crippen LogP contribution is -2.32. The number of alkyl halides is 2. The van der Waals surface area contributed by atoms with Crippen LogP contribution in [0.2, 0.25) is 0 Å². The molecule has 0 saturated heterocycles. The summed E-state index contributed by atoms with van der Waals surface area (Å²) >= 11 is 0. The van der Waals surface area contributed by atoms with E-state index in [2.05, 4.69) is 4.74 Å². The molecule has 0 fully saturated rings. The van der Waals surface area contributed by atoms with Crippen LogP contribution in [0.15, 0.2) is 59.5 Å². The summed E-state index contributed by atoms with van der Waals surface area (Å²) in [6.07, 6.45) is 0. The van der Waals surface area contributed by atoms with Crippen molar-refractivity contribution < 1.29 is 26.7 Å². The second-order valence-electron chi connectivity index (χ2n) is 5.34. The Morgan fingerprint density at radius 1 is 1.08 bits per heavy atom. The van der Waals surface area contributed by atoms with Gasteiger partial charge in [-0.3, -0.25) is 4.79 Å². The average Bonchev–Trinajstić information content (AvgIpc) is 2.56. The molecule has 0 unspecified atom stereocenters. The van der Waals surface area contributed by atoms with Crippen LogP contribution in [0.4, 0.5) is 8.78 Å². The third-order valence-corrected chi connectivity index (χ3v) is 5.03. The Bertz CT molecular complexity index is 808. The number of nitrogens with zero attached hydrogens (tertiary/aromatic N) is 1. The van der Waals surface area contributed by atoms with Gasteiger partial charge in [0, 0.05) is 13.6 Å². The highest BCUT2D eigenvalue weighted by Gasteiger charge is 2.21. The minimum Gasteiger partial charge on any atom is -0.435 e. The first-order chi connectivity index (χ1) is 11.8. The van der Waals surface area contributed by atoms with Crippen LogP contribution in [0.5, 0.6) is 5.75 Å². The predicted octanol–water partition coefficient (Wildman–Crippen LogP) is 2.72. The Balaban J connectivity index is 1.98. The van der Waals surface area contributed by atoms with E-state index in [1.54, 1.807) is 18.2 Å². The summed E-state index contributed by atoms with van der Waals surface area (Å²) in [6, 6.07) is 13.5. The smallest absolute Gasteiger partial charge is 0.387 e. The van der Waals surface area contributed by atoms with Gasteiger partial charge < -0.3 is 9.64 Å². The topological polar surface area (TPSA) is 63.7 Å². The molecule has 0 aliphatic heterocycles. The van der Waals surface area contributed by atoms with E-state index >= 15 is 0 Å². The summed E-state index contributed by atoms with van der Waals surface area (Å²) in [5.74, 6) is -1.18. The molecule has 5 nitrogen and oxygen atoms in total. The van der Waals surface area contributed by atoms with E-state index in [1.807, 2.05) is 0 Å². The first kappa shape index (κ1) is 18.9. The van der Waals surface area contributed by atoms with E-state index in [4.69, 9.17) is 0 Å². The Hall–Kier alpha value is -2.48. The summed E-state index contributed by atoms with van der Waals surface area (Å²) in [7, 11) is -2.23. The number of halogens is 2. The minimum atomic E-state index is -3.71. The second-order valence-corrected chi connectivity index (χ2v) is 7.33. The van der Waals surface area contributed by atoms with Crippen LogP contribution in [0.3, 0.4) is 0 Å². The number of ether oxygens (including phenoxy) is 1. The summed E-state index contributed by atoms with van der Waals surface area (Å²) in [5.41, 5.74) is 0.662. The number of rotatable bonds is 7. The van der Waals surface area contributed by atoms with Crippen molar-refractivity contribution >= 4 is 15.7 Å². The number of hydrogen-bond donors (Lipinski definition) is 0. The number of hydrogen-bond acceptors (Lipinski definition) is 4. The molecule has 0 aliphatic carbocycles. The molecule has 134 valence electrons. The maximum absolute atomic E-state index is 12.2. The standard InChI is InChI=1S/C17H17F2NO4S/c1-20(11-13-7-9-14(10-8-13)24-17(18)19)16(21)12-25(22,23)15-5-3-2-4-6-15/h2-10,17H,11-12H2,1H3. The molecule has 0 spiro atoms. The molecule has 0 radical (unpaired) electrons. The molecule has 0 heterocycles. The molecule has 8 heteroatoms. The van der Waals surface area contributed by atoms with Crippen molar-refractivity contribution in [2.45, 2.75) is 18.1 Å². The Morgan fingerprint density at radius 3 is 2.24 bits per heavy atom. The highest BCUT2D eigenvalue weighted by molar-refractivity contribution is 7.92. The van der Waals surface area contributed by atoms with Crippen molar-refractivity contribution in [1.82, 2.24) is 4.90 Å². The van der Waals surface area contributed by atoms with Gasteiger partial charge in [0.2, 0.25) is 5.91 Å². The highest BCUT2D eigenvalue weighted by atomic mass is 32.2. The lowest BCUT2D eigenvalue weighted by Gasteiger charge is -2.17. The van der Waals surface area contributed by atoms with Crippen LogP contribution in [-0.2, 0) is 21.2 Å². The van der Waals surface area contributed by atoms with Crippen LogP contribution in [0.1, 0.15) is 5.56 Å². The zero-order valence-corrected chi connectivity index (χ0v) is 14.2. The van der Waals surface area contributed by atoms with Crippen LogP contribution >= 0.6 is 0 Å². The molecule has 0 saturated carbocycles. The number of carbonyl (C=O) groups is 1. The first-order valence-corrected chi connectivity index (χ1v) is 8.98. The van der Waals surface area contributed by atoms with Crippen molar-refractivity contribution in [2.75, 3.05) is 12.8 Å². The van der Waals surface area contributed by atoms with Gasteiger partial charge in [0.15, 0.2) is 9.84 Å². The van der Waals surface area contributed by atoms with Gasteiger partial charge in [-0.05, 0) is 29.8 Å². The van der Waals surface area contributed by atoms with Gasteiger partial charge in [0.1, 0.15) is 11.5 Å². The van der Waals surface area contributed by atoms with E-state index in [9.17, 15) is 22.0 Å². The molecule has 25 heavy (non-hydrogen) atoms. The Morgan fingerprint density at radius 2 is 1.68 bits per heavy atom. The first-order valence-electron chi connectivity index (χ1n) is 7.33. The zero-order valence-electron chi connectivity index (χ0n) is 13.4. The lowest BCUT2D eigenvalue weighted by molar-refractivity contribution is -0.127. The average molecular weight is 369 g/mol. The van der Waals surface area contributed by atoms with E-state index in [0.717, 1.165) is 0 Å². The van der Waals surface area contributed by atoms with Gasteiger partial charge in [-0.1, -0.05) is 30.3 Å². The van der Waals surface area contributed by atoms with Crippen LogP contribution in [0.25, 0.3) is 0 Å². The van der Waals surface area contributed by atoms with Gasteiger partial charge in [-0.2, -0.15) is 8.78 Å². The molecular weight excluding hydrogens is 352 g/mol. The lowest BCUT2D eigenvalue weighted by atomic mass is 10.2.